The summed E-state index contributed by atoms with van der Waals surface area (Å²) < 4.78 is 11.5. The molecule has 4 nitrogen and oxygen atoms in total. The Balaban J connectivity index is 2.05. The van der Waals surface area contributed by atoms with E-state index in [2.05, 4.69) is 11.9 Å². The summed E-state index contributed by atoms with van der Waals surface area (Å²) in [4.78, 5) is 4.16. The number of aromatic nitrogens is 1. The van der Waals surface area contributed by atoms with Gasteiger partial charge >= 0.3 is 0 Å². The predicted molar refractivity (Wildman–Crippen MR) is 70.2 cm³/mol. The van der Waals surface area contributed by atoms with Crippen molar-refractivity contribution in [2.75, 3.05) is 13.2 Å². The monoisotopic (exact) mass is 250 g/mol. The third kappa shape index (κ3) is 3.51. The molecule has 1 aliphatic rings. The van der Waals surface area contributed by atoms with Crippen molar-refractivity contribution in [3.63, 3.8) is 0 Å². The summed E-state index contributed by atoms with van der Waals surface area (Å²) in [5, 5.41) is 0. The molecular formula is C14H22N2O2. The van der Waals surface area contributed by atoms with Gasteiger partial charge < -0.3 is 15.2 Å². The van der Waals surface area contributed by atoms with E-state index >= 15 is 0 Å². The normalized spacial score (nSPS) is 20.6. The standard InChI is InChI=1S/C14H22N2O2/c1-2-13(15)14(11-4-3-7-16-10-11)18-12-5-8-17-9-6-12/h3-4,7,10,12-14H,2,5-6,8-9,15H2,1H3. The van der Waals surface area contributed by atoms with Crippen LogP contribution < -0.4 is 5.73 Å². The van der Waals surface area contributed by atoms with Crippen LogP contribution in [-0.2, 0) is 9.47 Å². The number of pyridine rings is 1. The summed E-state index contributed by atoms with van der Waals surface area (Å²) >= 11 is 0. The number of hydrogen-bond donors (Lipinski definition) is 1. The highest BCUT2D eigenvalue weighted by atomic mass is 16.5. The van der Waals surface area contributed by atoms with Crippen LogP contribution in [-0.4, -0.2) is 30.3 Å². The first-order valence-electron chi connectivity index (χ1n) is 6.70. The second-order valence-corrected chi connectivity index (χ2v) is 4.73. The minimum absolute atomic E-state index is 0.0112. The van der Waals surface area contributed by atoms with Gasteiger partial charge in [-0.25, -0.2) is 0 Å². The van der Waals surface area contributed by atoms with Crippen LogP contribution in [0.1, 0.15) is 37.9 Å². The molecule has 2 heterocycles. The van der Waals surface area contributed by atoms with Crippen molar-refractivity contribution in [1.82, 2.24) is 4.98 Å². The molecule has 18 heavy (non-hydrogen) atoms. The molecule has 0 aliphatic carbocycles. The van der Waals surface area contributed by atoms with Crippen molar-refractivity contribution in [1.29, 1.82) is 0 Å². The number of hydrogen-bond acceptors (Lipinski definition) is 4. The Morgan fingerprint density at radius 2 is 2.28 bits per heavy atom. The Kier molecular flexibility index (Phi) is 5.11. The van der Waals surface area contributed by atoms with Crippen LogP contribution in [0.2, 0.25) is 0 Å². The molecule has 0 saturated carbocycles. The summed E-state index contributed by atoms with van der Waals surface area (Å²) in [6.45, 7) is 3.65. The molecular weight excluding hydrogens is 228 g/mol. The zero-order chi connectivity index (χ0) is 12.8. The molecule has 1 aromatic rings. The van der Waals surface area contributed by atoms with Crippen LogP contribution in [0.5, 0.6) is 0 Å². The van der Waals surface area contributed by atoms with Gasteiger partial charge in [0.1, 0.15) is 0 Å². The first-order valence-corrected chi connectivity index (χ1v) is 6.70. The summed E-state index contributed by atoms with van der Waals surface area (Å²) in [5.74, 6) is 0. The second-order valence-electron chi connectivity index (χ2n) is 4.73. The van der Waals surface area contributed by atoms with E-state index in [0.717, 1.165) is 38.0 Å². The van der Waals surface area contributed by atoms with Crippen LogP contribution in [0.3, 0.4) is 0 Å². The van der Waals surface area contributed by atoms with Crippen LogP contribution >= 0.6 is 0 Å². The van der Waals surface area contributed by atoms with Crippen LogP contribution in [0.25, 0.3) is 0 Å². The maximum atomic E-state index is 6.19. The smallest absolute Gasteiger partial charge is 0.0994 e. The molecule has 0 radical (unpaired) electrons. The Morgan fingerprint density at radius 1 is 1.50 bits per heavy atom. The van der Waals surface area contributed by atoms with Gasteiger partial charge in [-0.15, -0.1) is 0 Å². The SMILES string of the molecule is CCC(N)C(OC1CCOCC1)c1cccnc1. The topological polar surface area (TPSA) is 57.4 Å². The minimum atomic E-state index is -0.0631. The molecule has 1 fully saturated rings. The molecule has 0 amide bonds. The van der Waals surface area contributed by atoms with Crippen molar-refractivity contribution in [2.24, 2.45) is 5.73 Å². The van der Waals surface area contributed by atoms with Crippen molar-refractivity contribution in [3.8, 4) is 0 Å². The zero-order valence-electron chi connectivity index (χ0n) is 10.9. The lowest BCUT2D eigenvalue weighted by molar-refractivity contribution is -0.0779. The van der Waals surface area contributed by atoms with Crippen LogP contribution in [0.15, 0.2) is 24.5 Å². The van der Waals surface area contributed by atoms with Gasteiger partial charge in [0.25, 0.3) is 0 Å². The number of nitrogens with two attached hydrogens (primary N) is 1. The quantitative estimate of drug-likeness (QED) is 0.869. The summed E-state index contributed by atoms with van der Waals surface area (Å²) in [5.41, 5.74) is 7.25. The third-order valence-corrected chi connectivity index (χ3v) is 3.38. The molecule has 2 atom stereocenters. The molecule has 0 bridgehead atoms. The Labute approximate surface area is 108 Å². The highest BCUT2D eigenvalue weighted by Crippen LogP contribution is 2.26. The predicted octanol–water partition coefficient (Wildman–Crippen LogP) is 2.06. The molecule has 2 rings (SSSR count). The summed E-state index contributed by atoms with van der Waals surface area (Å²) in [7, 11) is 0. The highest BCUT2D eigenvalue weighted by Gasteiger charge is 2.25. The van der Waals surface area contributed by atoms with E-state index in [4.69, 9.17) is 15.2 Å². The van der Waals surface area contributed by atoms with Crippen molar-refractivity contribution in [2.45, 2.75) is 44.4 Å². The molecule has 4 heteroatoms. The van der Waals surface area contributed by atoms with Crippen LogP contribution in [0.4, 0.5) is 0 Å². The summed E-state index contributed by atoms with van der Waals surface area (Å²) in [6.07, 6.45) is 6.60. The molecule has 2 unspecified atom stereocenters. The largest absolute Gasteiger partial charge is 0.381 e. The molecule has 0 spiro atoms. The van der Waals surface area contributed by atoms with Gasteiger partial charge in [0.15, 0.2) is 0 Å². The van der Waals surface area contributed by atoms with E-state index in [1.807, 2.05) is 18.3 Å². The lowest BCUT2D eigenvalue weighted by Gasteiger charge is -2.30. The molecule has 100 valence electrons. The maximum absolute atomic E-state index is 6.19. The fraction of sp³-hybridized carbons (Fsp3) is 0.643. The van der Waals surface area contributed by atoms with E-state index in [1.165, 1.54) is 0 Å². The minimum Gasteiger partial charge on any atom is -0.381 e. The van der Waals surface area contributed by atoms with Gasteiger partial charge in [0.05, 0.1) is 12.2 Å². The van der Waals surface area contributed by atoms with Gasteiger partial charge in [0.2, 0.25) is 0 Å². The fourth-order valence-corrected chi connectivity index (χ4v) is 2.20. The van der Waals surface area contributed by atoms with Gasteiger partial charge in [-0.1, -0.05) is 13.0 Å². The van der Waals surface area contributed by atoms with Crippen molar-refractivity contribution < 1.29 is 9.47 Å². The number of ether oxygens (including phenoxy) is 2. The fourth-order valence-electron chi connectivity index (χ4n) is 2.20. The molecule has 0 aromatic carbocycles. The van der Waals surface area contributed by atoms with Gasteiger partial charge in [-0.05, 0) is 25.3 Å². The van der Waals surface area contributed by atoms with Gasteiger partial charge in [0, 0.05) is 37.2 Å². The second kappa shape index (κ2) is 6.83. The Morgan fingerprint density at radius 3 is 2.89 bits per heavy atom. The molecule has 1 aromatic heterocycles. The average Bonchev–Trinajstić information content (AvgIpc) is 2.46. The third-order valence-electron chi connectivity index (χ3n) is 3.38. The number of rotatable bonds is 5. The maximum Gasteiger partial charge on any atom is 0.0994 e. The highest BCUT2D eigenvalue weighted by molar-refractivity contribution is 5.14. The van der Waals surface area contributed by atoms with Crippen molar-refractivity contribution >= 4 is 0 Å². The number of nitrogens with zero attached hydrogens (tertiary/aromatic N) is 1. The summed E-state index contributed by atoms with van der Waals surface area (Å²) in [6, 6.07) is 3.97. The molecule has 2 N–H and O–H groups in total. The van der Waals surface area contributed by atoms with E-state index in [0.29, 0.717) is 0 Å². The molecule has 1 aliphatic heterocycles. The average molecular weight is 250 g/mol. The van der Waals surface area contributed by atoms with Gasteiger partial charge in [-0.3, -0.25) is 4.98 Å². The zero-order valence-corrected chi connectivity index (χ0v) is 10.9. The first-order chi connectivity index (χ1) is 8.81. The molecule has 1 saturated heterocycles. The van der Waals surface area contributed by atoms with E-state index in [1.54, 1.807) is 6.20 Å². The van der Waals surface area contributed by atoms with E-state index in [-0.39, 0.29) is 18.2 Å². The lowest BCUT2D eigenvalue weighted by atomic mass is 10.0. The lowest BCUT2D eigenvalue weighted by Crippen LogP contribution is -2.34. The van der Waals surface area contributed by atoms with Gasteiger partial charge in [-0.2, -0.15) is 0 Å². The first kappa shape index (κ1) is 13.5. The Hall–Kier alpha value is -0.970. The van der Waals surface area contributed by atoms with E-state index < -0.39 is 0 Å². The van der Waals surface area contributed by atoms with E-state index in [9.17, 15) is 0 Å². The Bertz CT molecular complexity index is 339. The van der Waals surface area contributed by atoms with Crippen molar-refractivity contribution in [3.05, 3.63) is 30.1 Å². The van der Waals surface area contributed by atoms with Crippen LogP contribution in [0, 0.1) is 0 Å².